The molecule has 14 rings (SSSR count). The van der Waals surface area contributed by atoms with Crippen LogP contribution < -0.4 is 43.0 Å². The highest BCUT2D eigenvalue weighted by molar-refractivity contribution is 6.36. The first-order chi connectivity index (χ1) is 51.3. The number of fused-ring (bicyclic) bond motifs is 6. The number of hydrogen-bond donors (Lipinski definition) is 12. The van der Waals surface area contributed by atoms with E-state index < -0.39 is 65.0 Å². The second-order valence-corrected chi connectivity index (χ2v) is 26.4. The summed E-state index contributed by atoms with van der Waals surface area (Å²) in [7, 11) is 4.09. The van der Waals surface area contributed by atoms with Gasteiger partial charge >= 0.3 is 0 Å². The number of morpholine rings is 2. The standard InChI is InChI=1S/2C27H32FN5O6.C11H11FN2O3.C8H7FN2O.2CH4/c2*1-15-21(10-18-17-9-19(28)23(30-24(35)14-38-2)11-22(17)31-26(18)36)29-20-3-4-33(27(37)25(15)20)13-16(34)12-32-5-7-39-8-6-32;1-17-5-11(16)14-9-4-8-6(2-7(9)12)3-10(15)13-8;9-5-1-4-2-8(12)11-7(4)3-6(5)10;;/h2*9-11,16,29,34H,3-8,12-14H2,1-2H3,(H,30,35)(H,31,36);2,4H,3,5H2,1H3,(H,13,15)(H,14,16);1,3H,2,10H2,(H,11,12);2*1H4/b2*18-10-;;;;/t2*16-;;;;/m00..../s1. The number of rotatable bonds is 19. The summed E-state index contributed by atoms with van der Waals surface area (Å²) in [6, 6.07) is 10.5. The minimum atomic E-state index is -0.690. The molecule has 10 heterocycles. The number of nitrogens with one attached hydrogen (secondary N) is 9. The van der Waals surface area contributed by atoms with E-state index in [4.69, 9.17) is 24.7 Å². The SMILES string of the molecule is C.C.COCC(=O)Nc1cc2c(cc1F)/C(=C/c1[nH]c3c(c1C)C(=O)N(C[C@@H](O)CN1CCOCC1)CC3)C(=O)N2.COCC(=O)Nc1cc2c(cc1F)/C(=C/c1[nH]c3c(c1C)C(=O)N(C[C@@H](O)CN1CCOCC1)CC3)C(=O)N2.COCC(=O)Nc1cc2c(cc1F)CC(=O)N2.Nc1cc2c(cc1F)CC(=O)N2. The zero-order chi connectivity index (χ0) is 76.5. The van der Waals surface area contributed by atoms with Crippen molar-refractivity contribution in [2.75, 3.05) is 176 Å². The van der Waals surface area contributed by atoms with Crippen LogP contribution in [0.1, 0.15) is 91.7 Å². The summed E-state index contributed by atoms with van der Waals surface area (Å²) in [5, 5.41) is 39.0. The van der Waals surface area contributed by atoms with Crippen LogP contribution in [0.5, 0.6) is 0 Å². The number of anilines is 8. The Balaban J connectivity index is 0.000000182. The molecule has 30 nitrogen and oxygen atoms in total. The molecular weight excluding hydrogens is 1430 g/mol. The van der Waals surface area contributed by atoms with Crippen LogP contribution in [0, 0.1) is 37.1 Å². The number of nitrogens with two attached hydrogens (primary N) is 1. The normalized spacial score (nSPS) is 17.3. The zero-order valence-corrected chi connectivity index (χ0v) is 59.3. The molecule has 2 aromatic heterocycles. The summed E-state index contributed by atoms with van der Waals surface area (Å²) < 4.78 is 80.8. The van der Waals surface area contributed by atoms with Crippen LogP contribution in [-0.2, 0) is 82.9 Å². The van der Waals surface area contributed by atoms with E-state index in [1.54, 1.807) is 35.8 Å². The highest BCUT2D eigenvalue weighted by Gasteiger charge is 2.36. The van der Waals surface area contributed by atoms with Crippen molar-refractivity contribution in [1.82, 2.24) is 29.6 Å². The maximum Gasteiger partial charge on any atom is 0.256 e. The number of carbonyl (C=O) groups is 9. The molecule has 0 bridgehead atoms. The number of nitrogen functional groups attached to an aromatic ring is 1. The van der Waals surface area contributed by atoms with E-state index in [0.29, 0.717) is 144 Å². The van der Waals surface area contributed by atoms with Crippen molar-refractivity contribution in [3.8, 4) is 0 Å². The lowest BCUT2D eigenvalue weighted by molar-refractivity contribution is -0.120. The van der Waals surface area contributed by atoms with Crippen molar-refractivity contribution < 1.29 is 94.6 Å². The topological polar surface area (TPSA) is 395 Å². The molecule has 2 atom stereocenters. The lowest BCUT2D eigenvalue weighted by Gasteiger charge is -2.32. The molecule has 9 amide bonds. The monoisotopic (exact) mass is 1520 g/mol. The van der Waals surface area contributed by atoms with Gasteiger partial charge in [0, 0.05) is 145 Å². The fourth-order valence-electron chi connectivity index (χ4n) is 13.5. The molecule has 6 aromatic rings. The summed E-state index contributed by atoms with van der Waals surface area (Å²) in [4.78, 5) is 123. The van der Waals surface area contributed by atoms with Gasteiger partial charge in [-0.3, -0.25) is 53.0 Å². The molecular formula is C75H90F4N14O16. The molecule has 0 saturated carbocycles. The van der Waals surface area contributed by atoms with Gasteiger partial charge in [0.15, 0.2) is 0 Å². The Morgan fingerprint density at radius 2 is 0.872 bits per heavy atom. The predicted molar refractivity (Wildman–Crippen MR) is 399 cm³/mol. The second-order valence-electron chi connectivity index (χ2n) is 26.4. The summed E-state index contributed by atoms with van der Waals surface area (Å²) in [6.45, 7) is 10.9. The van der Waals surface area contributed by atoms with Crippen LogP contribution in [0.25, 0.3) is 23.3 Å². The van der Waals surface area contributed by atoms with Crippen LogP contribution in [0.15, 0.2) is 48.5 Å². The maximum atomic E-state index is 14.8. The first kappa shape index (κ1) is 82.4. The van der Waals surface area contributed by atoms with Gasteiger partial charge in [-0.15, -0.1) is 0 Å². The summed E-state index contributed by atoms with van der Waals surface area (Å²) in [5.74, 6) is -5.38. The summed E-state index contributed by atoms with van der Waals surface area (Å²) >= 11 is 0. The molecule has 0 aliphatic carbocycles. The van der Waals surface area contributed by atoms with Gasteiger partial charge in [0.1, 0.15) is 43.1 Å². The number of β-amino-alcohol motifs (C(OH)–C–C–N with tert-alkyl or cyclic N) is 2. The Bertz CT molecular complexity index is 4330. The van der Waals surface area contributed by atoms with Crippen molar-refractivity contribution in [3.05, 3.63) is 139 Å². The Labute approximate surface area is 625 Å². The van der Waals surface area contributed by atoms with Crippen LogP contribution in [-0.4, -0.2) is 238 Å². The number of aromatic nitrogens is 2. The molecule has 2 saturated heterocycles. The van der Waals surface area contributed by atoms with Crippen molar-refractivity contribution in [1.29, 1.82) is 0 Å². The number of methoxy groups -OCH3 is 3. The van der Waals surface area contributed by atoms with Crippen molar-refractivity contribution in [2.24, 2.45) is 0 Å². The zero-order valence-electron chi connectivity index (χ0n) is 59.3. The fourth-order valence-corrected chi connectivity index (χ4v) is 13.5. The van der Waals surface area contributed by atoms with Gasteiger partial charge in [-0.25, -0.2) is 17.6 Å². The Morgan fingerprint density at radius 3 is 1.26 bits per heavy atom. The largest absolute Gasteiger partial charge is 0.396 e. The molecule has 0 spiro atoms. The Hall–Kier alpha value is -10.7. The number of amides is 9. The van der Waals surface area contributed by atoms with E-state index in [9.17, 15) is 70.9 Å². The molecule has 109 heavy (non-hydrogen) atoms. The minimum Gasteiger partial charge on any atom is -0.396 e. The quantitative estimate of drug-likeness (QED) is 0.0269. The number of aromatic amines is 2. The lowest BCUT2D eigenvalue weighted by Crippen LogP contribution is -2.47. The third-order valence-electron chi connectivity index (χ3n) is 18.7. The molecule has 2 fully saturated rings. The van der Waals surface area contributed by atoms with E-state index in [1.165, 1.54) is 69.9 Å². The number of carbonyl (C=O) groups excluding carboxylic acids is 9. The molecule has 0 radical (unpaired) electrons. The average Bonchev–Trinajstić information content (AvgIpc) is 1.62. The number of H-pyrrole nitrogens is 2. The maximum absolute atomic E-state index is 14.8. The summed E-state index contributed by atoms with van der Waals surface area (Å²) in [5.41, 5.74) is 14.8. The number of aliphatic hydroxyl groups excluding tert-OH is 2. The lowest BCUT2D eigenvalue weighted by atomic mass is 10.0. The molecule has 584 valence electrons. The Morgan fingerprint density at radius 1 is 0.514 bits per heavy atom. The van der Waals surface area contributed by atoms with Gasteiger partial charge in [-0.05, 0) is 96.8 Å². The number of nitrogens with zero attached hydrogens (tertiary/aromatic N) is 4. The molecule has 34 heteroatoms. The molecule has 0 unspecified atom stereocenters. The smallest absolute Gasteiger partial charge is 0.256 e. The van der Waals surface area contributed by atoms with E-state index in [0.717, 1.165) is 37.6 Å². The second kappa shape index (κ2) is 36.5. The third kappa shape index (κ3) is 19.6. The molecule has 8 aliphatic rings. The highest BCUT2D eigenvalue weighted by atomic mass is 19.1. The van der Waals surface area contributed by atoms with Gasteiger partial charge in [-0.2, -0.15) is 0 Å². The van der Waals surface area contributed by atoms with Crippen molar-refractivity contribution in [3.63, 3.8) is 0 Å². The number of halogens is 4. The van der Waals surface area contributed by atoms with Gasteiger partial charge in [0.2, 0.25) is 29.5 Å². The van der Waals surface area contributed by atoms with Crippen molar-refractivity contribution >= 4 is 122 Å². The van der Waals surface area contributed by atoms with E-state index in [2.05, 4.69) is 61.7 Å². The van der Waals surface area contributed by atoms with Gasteiger partial charge < -0.3 is 96.6 Å². The number of benzene rings is 4. The van der Waals surface area contributed by atoms with Crippen LogP contribution >= 0.6 is 0 Å². The third-order valence-corrected chi connectivity index (χ3v) is 18.7. The predicted octanol–water partition coefficient (Wildman–Crippen LogP) is 5.54. The number of aliphatic hydroxyl groups is 2. The van der Waals surface area contributed by atoms with Gasteiger partial charge in [0.05, 0.1) is 108 Å². The Kier molecular flexibility index (Phi) is 27.6. The number of hydrogen-bond acceptors (Lipinski definition) is 19. The fraction of sp³-hybridized carbons (Fsp3) is 0.400. The van der Waals surface area contributed by atoms with Gasteiger partial charge in [-0.1, -0.05) is 14.9 Å². The molecule has 4 aromatic carbocycles. The van der Waals surface area contributed by atoms with E-state index in [-0.39, 0.29) is 118 Å². The summed E-state index contributed by atoms with van der Waals surface area (Å²) in [6.07, 6.45) is 3.45. The first-order valence-electron chi connectivity index (χ1n) is 34.3. The van der Waals surface area contributed by atoms with Crippen LogP contribution in [0.2, 0.25) is 0 Å². The minimum absolute atomic E-state index is 0. The van der Waals surface area contributed by atoms with Crippen molar-refractivity contribution in [2.45, 2.75) is 66.6 Å². The number of ether oxygens (including phenoxy) is 5. The van der Waals surface area contributed by atoms with Gasteiger partial charge in [0.25, 0.3) is 23.6 Å². The first-order valence-corrected chi connectivity index (χ1v) is 34.3. The molecule has 13 N–H and O–H groups in total. The average molecular weight is 1520 g/mol. The van der Waals surface area contributed by atoms with E-state index >= 15 is 0 Å². The van der Waals surface area contributed by atoms with Crippen LogP contribution in [0.4, 0.5) is 63.1 Å². The van der Waals surface area contributed by atoms with E-state index in [1.807, 2.05) is 0 Å². The van der Waals surface area contributed by atoms with Crippen LogP contribution in [0.3, 0.4) is 0 Å². The highest BCUT2D eigenvalue weighted by Crippen LogP contribution is 2.40. The molecule has 8 aliphatic heterocycles.